The topological polar surface area (TPSA) is 150 Å². The van der Waals surface area contributed by atoms with Gasteiger partial charge >= 0.3 is 16.8 Å². The summed E-state index contributed by atoms with van der Waals surface area (Å²) in [6.45, 7) is 3.50. The van der Waals surface area contributed by atoms with Crippen LogP contribution in [0.4, 0.5) is 11.4 Å². The summed E-state index contributed by atoms with van der Waals surface area (Å²) in [7, 11) is 1.54. The Morgan fingerprint density at radius 2 is 1.39 bits per heavy atom. The number of amides is 3. The zero-order valence-corrected chi connectivity index (χ0v) is 28.3. The Morgan fingerprint density at radius 1 is 0.796 bits per heavy atom. The Morgan fingerprint density at radius 3 is 1.96 bits per heavy atom. The van der Waals surface area contributed by atoms with Gasteiger partial charge < -0.3 is 19.5 Å². The van der Waals surface area contributed by atoms with Crippen molar-refractivity contribution in [3.05, 3.63) is 104 Å². The minimum absolute atomic E-state index is 0.206. The zero-order valence-electron chi connectivity index (χ0n) is 26.7. The molecule has 0 unspecified atom stereocenters. The summed E-state index contributed by atoms with van der Waals surface area (Å²) in [5.74, 6) is -3.30. The van der Waals surface area contributed by atoms with Gasteiger partial charge in [0.05, 0.1) is 48.1 Å². The van der Waals surface area contributed by atoms with Crippen molar-refractivity contribution in [1.82, 2.24) is 4.57 Å². The van der Waals surface area contributed by atoms with Crippen LogP contribution in [0.5, 0.6) is 5.75 Å². The van der Waals surface area contributed by atoms with Gasteiger partial charge in [0.2, 0.25) is 17.7 Å². The summed E-state index contributed by atoms with van der Waals surface area (Å²) in [5, 5.41) is 2.29. The maximum atomic E-state index is 14.2. The molecule has 0 aliphatic carbocycles. The Bertz CT molecular complexity index is 1990. The lowest BCUT2D eigenvalue weighted by atomic mass is 9.83. The highest BCUT2D eigenvalue weighted by molar-refractivity contribution is 8.00. The van der Waals surface area contributed by atoms with Gasteiger partial charge in [-0.15, -0.1) is 0 Å². The average Bonchev–Trinajstić information content (AvgIpc) is 3.55. The van der Waals surface area contributed by atoms with Crippen molar-refractivity contribution in [1.29, 1.82) is 0 Å². The molecule has 1 aromatic heterocycles. The molecule has 3 atom stereocenters. The molecule has 0 radical (unpaired) electrons. The van der Waals surface area contributed by atoms with E-state index in [0.29, 0.717) is 38.2 Å². The molecule has 4 aromatic rings. The van der Waals surface area contributed by atoms with Gasteiger partial charge in [-0.25, -0.2) is 14.5 Å². The van der Waals surface area contributed by atoms with Gasteiger partial charge in [-0.2, -0.15) is 0 Å². The number of benzene rings is 3. The summed E-state index contributed by atoms with van der Waals surface area (Å²) in [5.41, 5.74) is 2.05. The number of nitrogens with one attached hydrogen (secondary N) is 1. The van der Waals surface area contributed by atoms with Crippen LogP contribution < -0.4 is 19.8 Å². The van der Waals surface area contributed by atoms with E-state index in [-0.39, 0.29) is 25.3 Å². The number of carbonyl (C=O) groups excluding carboxylic acids is 5. The minimum atomic E-state index is -0.893. The molecule has 14 heteroatoms. The SMILES string of the molecule is CCOC(=O)c1ccc(NC(=O)Cn2c3c(sc2=O)[C@@H](c2ccc(OC)cc2)[C@@H]2C(=O)N(c4ccc(C(=O)OCC)cc4)C(=O)[C@@H]2S3)cc1. The van der Waals surface area contributed by atoms with E-state index < -0.39 is 51.6 Å². The Kier molecular flexibility index (Phi) is 9.69. The summed E-state index contributed by atoms with van der Waals surface area (Å²) in [6, 6.07) is 19.3. The number of hydrogen-bond acceptors (Lipinski definition) is 11. The first kappa shape index (κ1) is 33.7. The first-order valence-electron chi connectivity index (χ1n) is 15.4. The number of methoxy groups -OCH3 is 1. The number of aromatic nitrogens is 1. The molecule has 1 N–H and O–H groups in total. The second kappa shape index (κ2) is 14.1. The van der Waals surface area contributed by atoms with Gasteiger partial charge in [0.25, 0.3) is 0 Å². The van der Waals surface area contributed by atoms with Gasteiger partial charge in [-0.3, -0.25) is 23.7 Å². The van der Waals surface area contributed by atoms with Crippen LogP contribution in [-0.2, 0) is 30.4 Å². The van der Waals surface area contributed by atoms with Crippen LogP contribution in [0, 0.1) is 5.92 Å². The van der Waals surface area contributed by atoms with Crippen molar-refractivity contribution in [3.8, 4) is 5.75 Å². The smallest absolute Gasteiger partial charge is 0.338 e. The maximum Gasteiger partial charge on any atom is 0.338 e. The summed E-state index contributed by atoms with van der Waals surface area (Å²) >= 11 is 2.03. The normalized spacial score (nSPS) is 18.0. The zero-order chi connectivity index (χ0) is 34.8. The van der Waals surface area contributed by atoms with Crippen molar-refractivity contribution < 1.29 is 38.2 Å². The minimum Gasteiger partial charge on any atom is -0.497 e. The largest absolute Gasteiger partial charge is 0.497 e. The third kappa shape index (κ3) is 6.48. The van der Waals surface area contributed by atoms with Crippen molar-refractivity contribution in [2.75, 3.05) is 30.5 Å². The molecule has 3 aromatic carbocycles. The first-order valence-corrected chi connectivity index (χ1v) is 17.1. The van der Waals surface area contributed by atoms with E-state index in [4.69, 9.17) is 14.2 Å². The van der Waals surface area contributed by atoms with Crippen molar-refractivity contribution in [3.63, 3.8) is 0 Å². The molecule has 3 amide bonds. The molecule has 6 rings (SSSR count). The van der Waals surface area contributed by atoms with Crippen LogP contribution in [0.2, 0.25) is 0 Å². The molecule has 12 nitrogen and oxygen atoms in total. The number of fused-ring (bicyclic) bond motifs is 2. The van der Waals surface area contributed by atoms with E-state index in [9.17, 15) is 28.8 Å². The number of esters is 2. The van der Waals surface area contributed by atoms with Crippen molar-refractivity contribution in [2.24, 2.45) is 5.92 Å². The molecular weight excluding hydrogens is 671 g/mol. The predicted molar refractivity (Wildman–Crippen MR) is 182 cm³/mol. The predicted octanol–water partition coefficient (Wildman–Crippen LogP) is 4.71. The van der Waals surface area contributed by atoms with E-state index in [0.717, 1.165) is 28.0 Å². The highest BCUT2D eigenvalue weighted by Crippen LogP contribution is 2.54. The lowest BCUT2D eigenvalue weighted by Crippen LogP contribution is -2.33. The van der Waals surface area contributed by atoms with E-state index in [1.54, 1.807) is 50.2 Å². The second-order valence-corrected chi connectivity index (χ2v) is 13.2. The fourth-order valence-corrected chi connectivity index (χ4v) is 8.66. The molecule has 3 heterocycles. The third-order valence-corrected chi connectivity index (χ3v) is 10.7. The molecule has 49 heavy (non-hydrogen) atoms. The van der Waals surface area contributed by atoms with E-state index in [1.165, 1.54) is 48.1 Å². The van der Waals surface area contributed by atoms with Crippen LogP contribution in [0.15, 0.2) is 82.6 Å². The lowest BCUT2D eigenvalue weighted by Gasteiger charge is -2.30. The van der Waals surface area contributed by atoms with Gasteiger partial charge in [0, 0.05) is 16.5 Å². The lowest BCUT2D eigenvalue weighted by molar-refractivity contribution is -0.122. The number of carbonyl (C=O) groups is 5. The number of imide groups is 1. The number of anilines is 2. The standard InChI is InChI=1S/C35H31N3O9S2/c1-4-46-33(42)20-6-12-22(13-7-20)36-25(39)18-37-32-29(49-35(37)44)26(19-10-16-24(45-3)17-11-19)27-28(48-32)31(41)38(30(27)40)23-14-8-21(9-15-23)34(43)47-5-2/h6-17,26-28H,4-5,18H2,1-3H3,(H,36,39)/t26-,27-,28+/m0/s1. The summed E-state index contributed by atoms with van der Waals surface area (Å²) in [6.07, 6.45) is 0. The molecule has 1 fully saturated rings. The Hall–Kier alpha value is -5.21. The molecule has 0 bridgehead atoms. The molecular formula is C35H31N3O9S2. The molecule has 2 aliphatic heterocycles. The van der Waals surface area contributed by atoms with Gasteiger partial charge in [0.15, 0.2) is 0 Å². The van der Waals surface area contributed by atoms with Gasteiger partial charge in [-0.1, -0.05) is 35.2 Å². The number of rotatable bonds is 10. The quantitative estimate of drug-likeness (QED) is 0.182. The third-order valence-electron chi connectivity index (χ3n) is 8.14. The maximum absolute atomic E-state index is 14.2. The molecule has 1 saturated heterocycles. The van der Waals surface area contributed by atoms with Crippen LogP contribution in [-0.4, -0.2) is 59.8 Å². The van der Waals surface area contributed by atoms with Crippen molar-refractivity contribution >= 4 is 64.1 Å². The number of thioether (sulfide) groups is 1. The number of hydrogen-bond donors (Lipinski definition) is 1. The molecule has 0 saturated carbocycles. The van der Waals surface area contributed by atoms with Crippen LogP contribution >= 0.6 is 23.1 Å². The van der Waals surface area contributed by atoms with Crippen LogP contribution in [0.1, 0.15) is 50.9 Å². The molecule has 0 spiro atoms. The highest BCUT2D eigenvalue weighted by atomic mass is 32.2. The fraction of sp³-hybridized carbons (Fsp3) is 0.257. The number of thiazole rings is 1. The van der Waals surface area contributed by atoms with E-state index in [1.807, 2.05) is 0 Å². The van der Waals surface area contributed by atoms with Crippen LogP contribution in [0.25, 0.3) is 0 Å². The molecule has 252 valence electrons. The monoisotopic (exact) mass is 701 g/mol. The van der Waals surface area contributed by atoms with Gasteiger partial charge in [0.1, 0.15) is 17.5 Å². The first-order chi connectivity index (χ1) is 23.6. The average molecular weight is 702 g/mol. The number of nitrogens with zero attached hydrogens (tertiary/aromatic N) is 2. The molecule has 2 aliphatic rings. The van der Waals surface area contributed by atoms with Gasteiger partial charge in [-0.05, 0) is 80.1 Å². The van der Waals surface area contributed by atoms with E-state index >= 15 is 0 Å². The Balaban J connectivity index is 1.32. The summed E-state index contributed by atoms with van der Waals surface area (Å²) in [4.78, 5) is 80.3. The highest BCUT2D eigenvalue weighted by Gasteiger charge is 2.56. The van der Waals surface area contributed by atoms with Crippen LogP contribution in [0.3, 0.4) is 0 Å². The summed E-state index contributed by atoms with van der Waals surface area (Å²) < 4.78 is 16.7. The fourth-order valence-electron chi connectivity index (χ4n) is 5.89. The Labute approximate surface area is 289 Å². The van der Waals surface area contributed by atoms with E-state index in [2.05, 4.69) is 5.32 Å². The van der Waals surface area contributed by atoms with Crippen molar-refractivity contribution in [2.45, 2.75) is 36.6 Å². The number of ether oxygens (including phenoxy) is 3. The second-order valence-electron chi connectivity index (χ2n) is 11.1.